The Morgan fingerprint density at radius 1 is 0.750 bits per heavy atom. The molecule has 0 spiro atoms. The van der Waals surface area contributed by atoms with Gasteiger partial charge in [0, 0.05) is 47.8 Å². The molecule has 2 saturated heterocycles. The van der Waals surface area contributed by atoms with Crippen molar-refractivity contribution in [3.8, 4) is 0 Å². The molecule has 2 fully saturated rings. The molecule has 2 heterocycles. The number of carbonyl (C=O) groups is 2. The second-order valence-corrected chi connectivity index (χ2v) is 13.9. The topological polar surface area (TPSA) is 76.7 Å². The highest BCUT2D eigenvalue weighted by Crippen LogP contribution is 2.34. The lowest BCUT2D eigenvalue weighted by atomic mass is 9.80. The number of esters is 2. The molecule has 36 heavy (non-hydrogen) atoms. The third kappa shape index (κ3) is 8.04. The molecule has 3 rings (SSSR count). The number of nitrogens with one attached hydrogen (secondary N) is 2. The van der Waals surface area contributed by atoms with Crippen LogP contribution in [0.4, 0.5) is 0 Å². The minimum atomic E-state index is -0.965. The van der Waals surface area contributed by atoms with E-state index >= 15 is 0 Å². The SMILES string of the molecule is CC(Cc1ccccc1)C(C(=O)OC1CC(C)(C)NC(C)(C)C1)C(=O)OC1CC(C)(C)NC(C)(C)C1. The normalized spacial score (nSPS) is 24.2. The number of piperidine rings is 2. The van der Waals surface area contributed by atoms with E-state index in [4.69, 9.17) is 9.47 Å². The Bertz CT molecular complexity index is 838. The monoisotopic (exact) mass is 500 g/mol. The number of ether oxygens (including phenoxy) is 2. The van der Waals surface area contributed by atoms with Crippen LogP contribution in [0.25, 0.3) is 0 Å². The van der Waals surface area contributed by atoms with Crippen LogP contribution in [0.5, 0.6) is 0 Å². The van der Waals surface area contributed by atoms with E-state index in [1.807, 2.05) is 37.3 Å². The summed E-state index contributed by atoms with van der Waals surface area (Å²) >= 11 is 0. The van der Waals surface area contributed by atoms with Crippen molar-refractivity contribution >= 4 is 11.9 Å². The van der Waals surface area contributed by atoms with Crippen LogP contribution < -0.4 is 10.6 Å². The Kier molecular flexibility index (Phi) is 8.31. The number of rotatable bonds is 7. The summed E-state index contributed by atoms with van der Waals surface area (Å²) in [7, 11) is 0. The Balaban J connectivity index is 1.79. The van der Waals surface area contributed by atoms with E-state index in [1.165, 1.54) is 0 Å². The number of hydrogen-bond acceptors (Lipinski definition) is 6. The lowest BCUT2D eigenvalue weighted by Gasteiger charge is -2.46. The number of benzene rings is 1. The van der Waals surface area contributed by atoms with Gasteiger partial charge in [-0.1, -0.05) is 37.3 Å². The van der Waals surface area contributed by atoms with Crippen LogP contribution in [-0.4, -0.2) is 46.3 Å². The van der Waals surface area contributed by atoms with E-state index in [0.717, 1.165) is 5.56 Å². The average molecular weight is 501 g/mol. The summed E-state index contributed by atoms with van der Waals surface area (Å²) in [5.74, 6) is -2.14. The summed E-state index contributed by atoms with van der Waals surface area (Å²) in [6, 6.07) is 9.98. The van der Waals surface area contributed by atoms with Crippen LogP contribution in [0.15, 0.2) is 30.3 Å². The zero-order chi connectivity index (χ0) is 26.9. The molecule has 1 aromatic carbocycles. The molecule has 1 unspecified atom stereocenters. The second kappa shape index (κ2) is 10.4. The molecule has 6 heteroatoms. The van der Waals surface area contributed by atoms with Crippen molar-refractivity contribution in [3.05, 3.63) is 35.9 Å². The first-order valence-corrected chi connectivity index (χ1v) is 13.5. The van der Waals surface area contributed by atoms with E-state index < -0.39 is 17.9 Å². The molecule has 2 aliphatic heterocycles. The molecule has 6 nitrogen and oxygen atoms in total. The first kappa shape index (κ1) is 28.6. The van der Waals surface area contributed by atoms with Crippen molar-refractivity contribution in [1.82, 2.24) is 10.6 Å². The molecule has 202 valence electrons. The van der Waals surface area contributed by atoms with Crippen molar-refractivity contribution in [2.45, 2.75) is 129 Å². The quantitative estimate of drug-likeness (QED) is 0.397. The summed E-state index contributed by atoms with van der Waals surface area (Å²) in [6.07, 6.45) is 2.91. The van der Waals surface area contributed by atoms with Gasteiger partial charge in [-0.25, -0.2) is 0 Å². The van der Waals surface area contributed by atoms with E-state index in [-0.39, 0.29) is 40.3 Å². The van der Waals surface area contributed by atoms with Crippen LogP contribution in [0, 0.1) is 11.8 Å². The third-order valence-corrected chi connectivity index (χ3v) is 7.35. The molecular formula is C30H48N2O4. The molecule has 0 amide bonds. The molecule has 0 aliphatic carbocycles. The zero-order valence-electron chi connectivity index (χ0n) is 23.9. The summed E-state index contributed by atoms with van der Waals surface area (Å²) in [6.45, 7) is 18.9. The Hall–Kier alpha value is -1.92. The van der Waals surface area contributed by atoms with Crippen LogP contribution in [0.3, 0.4) is 0 Å². The fourth-order valence-corrected chi connectivity index (χ4v) is 6.76. The maximum absolute atomic E-state index is 13.6. The summed E-state index contributed by atoms with van der Waals surface area (Å²) in [5, 5.41) is 7.25. The van der Waals surface area contributed by atoms with E-state index in [2.05, 4.69) is 66.0 Å². The first-order chi connectivity index (χ1) is 16.5. The van der Waals surface area contributed by atoms with Gasteiger partial charge in [-0.3, -0.25) is 9.59 Å². The zero-order valence-corrected chi connectivity index (χ0v) is 23.9. The smallest absolute Gasteiger partial charge is 0.320 e. The average Bonchev–Trinajstić information content (AvgIpc) is 2.63. The first-order valence-electron chi connectivity index (χ1n) is 13.5. The summed E-state index contributed by atoms with van der Waals surface area (Å²) in [5.41, 5.74) is 0.439. The fourth-order valence-electron chi connectivity index (χ4n) is 6.76. The molecular weight excluding hydrogens is 452 g/mol. The molecule has 1 atom stereocenters. The van der Waals surface area contributed by atoms with Gasteiger partial charge in [0.05, 0.1) is 0 Å². The highest BCUT2D eigenvalue weighted by atomic mass is 16.6. The predicted octanol–water partition coefficient (Wildman–Crippen LogP) is 5.19. The second-order valence-electron chi connectivity index (χ2n) is 13.9. The van der Waals surface area contributed by atoms with Gasteiger partial charge in [-0.2, -0.15) is 0 Å². The van der Waals surface area contributed by atoms with Gasteiger partial charge < -0.3 is 20.1 Å². The van der Waals surface area contributed by atoms with Gasteiger partial charge in [0.15, 0.2) is 5.92 Å². The molecule has 0 bridgehead atoms. The van der Waals surface area contributed by atoms with Crippen molar-refractivity contribution in [3.63, 3.8) is 0 Å². The highest BCUT2D eigenvalue weighted by molar-refractivity contribution is 5.95. The molecule has 2 aliphatic rings. The standard InChI is InChI=1S/C30H48N2O4/c1-20(15-21-13-11-10-12-14-21)24(25(33)35-22-16-27(2,3)31-28(4,5)17-22)26(34)36-23-18-29(6,7)32-30(8,9)19-23/h10-14,20,22-24,31-32H,15-19H2,1-9H3. The minimum absolute atomic E-state index is 0.162. The van der Waals surface area contributed by atoms with Gasteiger partial charge in [0.1, 0.15) is 12.2 Å². The van der Waals surface area contributed by atoms with Gasteiger partial charge in [0.2, 0.25) is 0 Å². The number of carbonyl (C=O) groups excluding carboxylic acids is 2. The lowest BCUT2D eigenvalue weighted by Crippen LogP contribution is -2.60. The van der Waals surface area contributed by atoms with Crippen molar-refractivity contribution in [1.29, 1.82) is 0 Å². The van der Waals surface area contributed by atoms with Gasteiger partial charge >= 0.3 is 11.9 Å². The predicted molar refractivity (Wildman–Crippen MR) is 144 cm³/mol. The van der Waals surface area contributed by atoms with Crippen LogP contribution in [0.2, 0.25) is 0 Å². The van der Waals surface area contributed by atoms with E-state index in [1.54, 1.807) is 0 Å². The van der Waals surface area contributed by atoms with Crippen LogP contribution >= 0.6 is 0 Å². The Labute approximate surface area is 218 Å². The number of hydrogen-bond donors (Lipinski definition) is 2. The largest absolute Gasteiger partial charge is 0.462 e. The highest BCUT2D eigenvalue weighted by Gasteiger charge is 2.44. The summed E-state index contributed by atoms with van der Waals surface area (Å²) in [4.78, 5) is 27.3. The molecule has 0 radical (unpaired) electrons. The molecule has 2 N–H and O–H groups in total. The fraction of sp³-hybridized carbons (Fsp3) is 0.733. The minimum Gasteiger partial charge on any atom is -0.462 e. The van der Waals surface area contributed by atoms with Crippen molar-refractivity contribution in [2.75, 3.05) is 0 Å². The molecule has 0 saturated carbocycles. The van der Waals surface area contributed by atoms with E-state index in [9.17, 15) is 9.59 Å². The van der Waals surface area contributed by atoms with Gasteiger partial charge in [-0.05, 0) is 73.3 Å². The van der Waals surface area contributed by atoms with Gasteiger partial charge in [0.25, 0.3) is 0 Å². The third-order valence-electron chi connectivity index (χ3n) is 7.35. The summed E-state index contributed by atoms with van der Waals surface area (Å²) < 4.78 is 12.2. The lowest BCUT2D eigenvalue weighted by molar-refractivity contribution is -0.174. The Morgan fingerprint density at radius 2 is 1.11 bits per heavy atom. The Morgan fingerprint density at radius 3 is 1.47 bits per heavy atom. The maximum Gasteiger partial charge on any atom is 0.320 e. The molecule has 0 aromatic heterocycles. The van der Waals surface area contributed by atoms with Gasteiger partial charge in [-0.15, -0.1) is 0 Å². The molecule has 1 aromatic rings. The van der Waals surface area contributed by atoms with Crippen LogP contribution in [-0.2, 0) is 25.5 Å². The van der Waals surface area contributed by atoms with Crippen molar-refractivity contribution < 1.29 is 19.1 Å². The van der Waals surface area contributed by atoms with Crippen LogP contribution in [0.1, 0.15) is 93.6 Å². The van der Waals surface area contributed by atoms with E-state index in [0.29, 0.717) is 32.1 Å². The maximum atomic E-state index is 13.6. The van der Waals surface area contributed by atoms with Crippen molar-refractivity contribution in [2.24, 2.45) is 11.8 Å².